The van der Waals surface area contributed by atoms with E-state index in [1.54, 1.807) is 17.4 Å². The molecule has 0 bridgehead atoms. The van der Waals surface area contributed by atoms with E-state index in [0.717, 1.165) is 40.9 Å². The van der Waals surface area contributed by atoms with Crippen molar-refractivity contribution in [2.75, 3.05) is 11.9 Å². The van der Waals surface area contributed by atoms with E-state index in [2.05, 4.69) is 32.8 Å². The average Bonchev–Trinajstić information content (AvgIpc) is 3.15. The highest BCUT2D eigenvalue weighted by Gasteiger charge is 2.13. The highest BCUT2D eigenvalue weighted by Crippen LogP contribution is 2.28. The van der Waals surface area contributed by atoms with Gasteiger partial charge in [-0.3, -0.25) is 0 Å². The van der Waals surface area contributed by atoms with Gasteiger partial charge < -0.3 is 16.0 Å². The second-order valence-electron chi connectivity index (χ2n) is 5.09. The number of nitriles is 1. The van der Waals surface area contributed by atoms with Gasteiger partial charge in [-0.25, -0.2) is 4.98 Å². The summed E-state index contributed by atoms with van der Waals surface area (Å²) in [5, 5.41) is 14.7. The minimum absolute atomic E-state index is 0.419. The summed E-state index contributed by atoms with van der Waals surface area (Å²) < 4.78 is 0. The van der Waals surface area contributed by atoms with Gasteiger partial charge in [-0.1, -0.05) is 6.07 Å². The van der Waals surface area contributed by atoms with Crippen molar-refractivity contribution in [2.24, 2.45) is 5.73 Å². The van der Waals surface area contributed by atoms with Crippen LogP contribution in [0.25, 0.3) is 11.0 Å². The minimum atomic E-state index is 0.419. The lowest BCUT2D eigenvalue weighted by atomic mass is 10.2. The fourth-order valence-electron chi connectivity index (χ4n) is 2.52. The van der Waals surface area contributed by atoms with Gasteiger partial charge in [0.25, 0.3) is 0 Å². The van der Waals surface area contributed by atoms with Crippen molar-refractivity contribution < 1.29 is 0 Å². The third-order valence-electron chi connectivity index (χ3n) is 3.65. The van der Waals surface area contributed by atoms with Gasteiger partial charge in [-0.05, 0) is 36.5 Å². The lowest BCUT2D eigenvalue weighted by molar-refractivity contribution is 0.929. The molecule has 3 aromatic heterocycles. The van der Waals surface area contributed by atoms with Crippen LogP contribution in [-0.4, -0.2) is 16.5 Å². The molecule has 6 heteroatoms. The number of nitrogens with two attached hydrogens (primary N) is 1. The molecule has 22 heavy (non-hydrogen) atoms. The highest BCUT2D eigenvalue weighted by molar-refractivity contribution is 7.09. The van der Waals surface area contributed by atoms with Crippen molar-refractivity contribution in [1.29, 1.82) is 5.26 Å². The Kier molecular flexibility index (Phi) is 4.09. The van der Waals surface area contributed by atoms with Gasteiger partial charge >= 0.3 is 0 Å². The van der Waals surface area contributed by atoms with Gasteiger partial charge in [-0.15, -0.1) is 11.3 Å². The molecule has 0 aliphatic carbocycles. The summed E-state index contributed by atoms with van der Waals surface area (Å²) in [7, 11) is 0. The highest BCUT2D eigenvalue weighted by atomic mass is 32.1. The lowest BCUT2D eigenvalue weighted by Crippen LogP contribution is -2.03. The van der Waals surface area contributed by atoms with E-state index in [1.807, 2.05) is 13.0 Å². The van der Waals surface area contributed by atoms with Crippen molar-refractivity contribution in [1.82, 2.24) is 9.97 Å². The number of aromatic amines is 1. The molecule has 0 spiro atoms. The Balaban J connectivity index is 2.03. The van der Waals surface area contributed by atoms with E-state index in [-0.39, 0.29) is 0 Å². The predicted molar refractivity (Wildman–Crippen MR) is 89.9 cm³/mol. The first-order valence-corrected chi connectivity index (χ1v) is 7.99. The number of hydrogen-bond acceptors (Lipinski definition) is 5. The minimum Gasteiger partial charge on any atom is -0.378 e. The molecule has 0 aliphatic heterocycles. The number of rotatable bonds is 5. The molecule has 0 radical (unpaired) electrons. The van der Waals surface area contributed by atoms with Crippen molar-refractivity contribution in [3.8, 4) is 6.07 Å². The van der Waals surface area contributed by atoms with Gasteiger partial charge in [0, 0.05) is 23.5 Å². The summed E-state index contributed by atoms with van der Waals surface area (Å²) in [5.74, 6) is 0. The summed E-state index contributed by atoms with van der Waals surface area (Å²) in [6, 6.07) is 8.04. The number of nitrogens with zero attached hydrogens (tertiary/aromatic N) is 2. The molecule has 3 heterocycles. The van der Waals surface area contributed by atoms with Gasteiger partial charge in [0.2, 0.25) is 0 Å². The maximum atomic E-state index is 9.21. The van der Waals surface area contributed by atoms with Crippen LogP contribution in [0.1, 0.15) is 21.8 Å². The molecule has 0 aliphatic rings. The van der Waals surface area contributed by atoms with Crippen LogP contribution in [0.15, 0.2) is 23.6 Å². The van der Waals surface area contributed by atoms with Crippen molar-refractivity contribution in [3.63, 3.8) is 0 Å². The standard InChI is InChI=1S/C16H17N5S/c1-10-13(4-5-17)21-16-14(7-11(8-18)20-15(10)16)19-9-12-3-2-6-22-12/h2-3,6-7,21H,4-5,9,17H2,1H3,(H,19,20). The third kappa shape index (κ3) is 2.69. The number of pyridine rings is 1. The van der Waals surface area contributed by atoms with E-state index in [0.29, 0.717) is 12.2 Å². The van der Waals surface area contributed by atoms with Crippen molar-refractivity contribution >= 4 is 28.1 Å². The van der Waals surface area contributed by atoms with Crippen LogP contribution in [0.5, 0.6) is 0 Å². The Morgan fingerprint density at radius 3 is 3.05 bits per heavy atom. The summed E-state index contributed by atoms with van der Waals surface area (Å²) in [4.78, 5) is 9.08. The summed E-state index contributed by atoms with van der Waals surface area (Å²) in [6.45, 7) is 3.32. The van der Waals surface area contributed by atoms with Crippen molar-refractivity contribution in [2.45, 2.75) is 19.9 Å². The Morgan fingerprint density at radius 2 is 2.36 bits per heavy atom. The molecule has 4 N–H and O–H groups in total. The van der Waals surface area contributed by atoms with Crippen LogP contribution in [0, 0.1) is 18.3 Å². The van der Waals surface area contributed by atoms with Crippen LogP contribution in [-0.2, 0) is 13.0 Å². The maximum Gasteiger partial charge on any atom is 0.143 e. The fraction of sp³-hybridized carbons (Fsp3) is 0.250. The topological polar surface area (TPSA) is 90.5 Å². The van der Waals surface area contributed by atoms with E-state index >= 15 is 0 Å². The van der Waals surface area contributed by atoms with Crippen LogP contribution in [0.4, 0.5) is 5.69 Å². The Labute approximate surface area is 132 Å². The lowest BCUT2D eigenvalue weighted by Gasteiger charge is -2.07. The second kappa shape index (κ2) is 6.18. The third-order valence-corrected chi connectivity index (χ3v) is 4.52. The Hall–Kier alpha value is -2.36. The molecule has 0 saturated heterocycles. The van der Waals surface area contributed by atoms with Crippen LogP contribution in [0.3, 0.4) is 0 Å². The number of fused-ring (bicyclic) bond motifs is 1. The molecule has 0 unspecified atom stereocenters. The molecule has 0 saturated carbocycles. The smallest absolute Gasteiger partial charge is 0.143 e. The quantitative estimate of drug-likeness (QED) is 0.675. The summed E-state index contributed by atoms with van der Waals surface area (Å²) in [5.41, 5.74) is 10.9. The number of nitrogens with one attached hydrogen (secondary N) is 2. The van der Waals surface area contributed by atoms with E-state index in [9.17, 15) is 5.26 Å². The number of anilines is 1. The van der Waals surface area contributed by atoms with Crippen LogP contribution in [0.2, 0.25) is 0 Å². The van der Waals surface area contributed by atoms with Crippen LogP contribution >= 0.6 is 11.3 Å². The average molecular weight is 311 g/mol. The largest absolute Gasteiger partial charge is 0.378 e. The van der Waals surface area contributed by atoms with Gasteiger partial charge in [0.15, 0.2) is 0 Å². The SMILES string of the molecule is Cc1c(CCN)[nH]c2c(NCc3cccs3)cc(C#N)nc12. The first kappa shape index (κ1) is 14.6. The predicted octanol–water partition coefficient (Wildman–Crippen LogP) is 2.92. The fourth-order valence-corrected chi connectivity index (χ4v) is 3.16. The number of thiophene rings is 1. The molecule has 0 fully saturated rings. The number of H-pyrrole nitrogens is 1. The van der Waals surface area contributed by atoms with E-state index < -0.39 is 0 Å². The molecule has 3 rings (SSSR count). The van der Waals surface area contributed by atoms with Crippen LogP contribution < -0.4 is 11.1 Å². The monoisotopic (exact) mass is 311 g/mol. The molecule has 0 aromatic carbocycles. The van der Waals surface area contributed by atoms with E-state index in [4.69, 9.17) is 5.73 Å². The number of hydrogen-bond donors (Lipinski definition) is 3. The maximum absolute atomic E-state index is 9.21. The zero-order valence-corrected chi connectivity index (χ0v) is 13.1. The Morgan fingerprint density at radius 1 is 1.50 bits per heavy atom. The van der Waals surface area contributed by atoms with Crippen molar-refractivity contribution in [3.05, 3.63) is 45.4 Å². The zero-order chi connectivity index (χ0) is 15.5. The normalized spacial score (nSPS) is 10.8. The molecule has 5 nitrogen and oxygen atoms in total. The Bertz CT molecular complexity index is 826. The molecule has 0 atom stereocenters. The molecule has 0 amide bonds. The molecular formula is C16H17N5S. The molecule has 112 valence electrons. The number of aromatic nitrogens is 2. The second-order valence-corrected chi connectivity index (χ2v) is 6.12. The van der Waals surface area contributed by atoms with Gasteiger partial charge in [-0.2, -0.15) is 5.26 Å². The zero-order valence-electron chi connectivity index (χ0n) is 12.3. The van der Waals surface area contributed by atoms with Gasteiger partial charge in [0.05, 0.1) is 16.7 Å². The number of aryl methyl sites for hydroxylation is 1. The molecular weight excluding hydrogens is 294 g/mol. The summed E-state index contributed by atoms with van der Waals surface area (Å²) >= 11 is 1.70. The van der Waals surface area contributed by atoms with Gasteiger partial charge in [0.1, 0.15) is 11.8 Å². The summed E-state index contributed by atoms with van der Waals surface area (Å²) in [6.07, 6.45) is 0.772. The van der Waals surface area contributed by atoms with E-state index in [1.165, 1.54) is 4.88 Å². The molecule has 3 aromatic rings. The first-order chi connectivity index (χ1) is 10.7. The first-order valence-electron chi connectivity index (χ1n) is 7.11.